The quantitative estimate of drug-likeness (QED) is 0.641. The van der Waals surface area contributed by atoms with Gasteiger partial charge in [0.15, 0.2) is 11.5 Å². The number of nitrogens with zero attached hydrogens (tertiary/aromatic N) is 1. The van der Waals surface area contributed by atoms with Crippen LogP contribution in [0.4, 0.5) is 5.69 Å². The second kappa shape index (κ2) is 6.76. The Morgan fingerprint density at radius 2 is 1.95 bits per heavy atom. The Morgan fingerprint density at radius 3 is 2.40 bits per heavy atom. The maximum absolute atomic E-state index is 11.9. The van der Waals surface area contributed by atoms with Crippen molar-refractivity contribution in [2.45, 2.75) is 0 Å². The predicted molar refractivity (Wildman–Crippen MR) is 73.5 cm³/mol. The van der Waals surface area contributed by atoms with E-state index in [4.69, 9.17) is 21.1 Å². The number of nitro benzene ring substituents is 1. The summed E-state index contributed by atoms with van der Waals surface area (Å²) in [5.41, 5.74) is -0.536. The zero-order valence-electron chi connectivity index (χ0n) is 10.9. The van der Waals surface area contributed by atoms with Crippen molar-refractivity contribution in [2.24, 2.45) is 0 Å². The number of benzene rings is 1. The molecule has 0 radical (unpaired) electrons. The SMILES string of the molecule is C=C(Cl)CNC(=O)c1cc(OC)c(OC)cc1[N+](=O)[O-]. The highest BCUT2D eigenvalue weighted by molar-refractivity contribution is 6.29. The van der Waals surface area contributed by atoms with Crippen molar-refractivity contribution in [3.8, 4) is 11.5 Å². The second-order valence-electron chi connectivity index (χ2n) is 3.68. The Morgan fingerprint density at radius 1 is 1.40 bits per heavy atom. The van der Waals surface area contributed by atoms with Gasteiger partial charge in [0.25, 0.3) is 11.6 Å². The van der Waals surface area contributed by atoms with Crippen molar-refractivity contribution in [3.63, 3.8) is 0 Å². The number of hydrogen-bond acceptors (Lipinski definition) is 5. The monoisotopic (exact) mass is 300 g/mol. The third-order valence-corrected chi connectivity index (χ3v) is 2.52. The number of methoxy groups -OCH3 is 2. The van der Waals surface area contributed by atoms with Crippen LogP contribution in [0.5, 0.6) is 11.5 Å². The van der Waals surface area contributed by atoms with Crippen LogP contribution in [-0.2, 0) is 0 Å². The molecule has 1 N–H and O–H groups in total. The van der Waals surface area contributed by atoms with Crippen LogP contribution >= 0.6 is 11.6 Å². The molecule has 0 aliphatic heterocycles. The number of halogens is 1. The fourth-order valence-corrected chi connectivity index (χ4v) is 1.54. The molecule has 108 valence electrons. The first kappa shape index (κ1) is 15.8. The van der Waals surface area contributed by atoms with E-state index >= 15 is 0 Å². The topological polar surface area (TPSA) is 90.7 Å². The van der Waals surface area contributed by atoms with Crippen LogP contribution in [0.3, 0.4) is 0 Å². The van der Waals surface area contributed by atoms with Crippen LogP contribution in [0.25, 0.3) is 0 Å². The Bertz CT molecular complexity index is 559. The van der Waals surface area contributed by atoms with Crippen molar-refractivity contribution in [3.05, 3.63) is 39.4 Å². The highest BCUT2D eigenvalue weighted by Gasteiger charge is 2.24. The molecule has 0 aliphatic carbocycles. The molecule has 0 bridgehead atoms. The van der Waals surface area contributed by atoms with Gasteiger partial charge in [0.1, 0.15) is 5.56 Å². The van der Waals surface area contributed by atoms with Gasteiger partial charge in [0, 0.05) is 11.1 Å². The van der Waals surface area contributed by atoms with Crippen molar-refractivity contribution in [1.29, 1.82) is 0 Å². The lowest BCUT2D eigenvalue weighted by molar-refractivity contribution is -0.385. The lowest BCUT2D eigenvalue weighted by atomic mass is 10.1. The first-order chi connectivity index (χ1) is 9.40. The van der Waals surface area contributed by atoms with Gasteiger partial charge < -0.3 is 14.8 Å². The van der Waals surface area contributed by atoms with Crippen LogP contribution in [0.15, 0.2) is 23.7 Å². The molecule has 0 aliphatic rings. The van der Waals surface area contributed by atoms with Crippen LogP contribution in [-0.4, -0.2) is 31.6 Å². The molecule has 0 atom stereocenters. The third kappa shape index (κ3) is 3.61. The minimum absolute atomic E-state index is 0.00584. The third-order valence-electron chi connectivity index (χ3n) is 2.38. The molecule has 20 heavy (non-hydrogen) atoms. The van der Waals surface area contributed by atoms with E-state index in [2.05, 4.69) is 11.9 Å². The van der Waals surface area contributed by atoms with E-state index in [-0.39, 0.29) is 34.3 Å². The zero-order valence-corrected chi connectivity index (χ0v) is 11.7. The van der Waals surface area contributed by atoms with E-state index in [1.165, 1.54) is 20.3 Å². The molecule has 8 heteroatoms. The molecule has 1 aromatic rings. The summed E-state index contributed by atoms with van der Waals surface area (Å²) in [7, 11) is 2.71. The largest absolute Gasteiger partial charge is 0.493 e. The maximum atomic E-state index is 11.9. The first-order valence-corrected chi connectivity index (χ1v) is 5.80. The van der Waals surface area contributed by atoms with E-state index in [0.717, 1.165) is 6.07 Å². The minimum Gasteiger partial charge on any atom is -0.493 e. The van der Waals surface area contributed by atoms with Crippen LogP contribution in [0.2, 0.25) is 0 Å². The Labute approximate surface area is 120 Å². The van der Waals surface area contributed by atoms with Gasteiger partial charge in [-0.05, 0) is 0 Å². The van der Waals surface area contributed by atoms with Gasteiger partial charge in [-0.2, -0.15) is 0 Å². The van der Waals surface area contributed by atoms with Gasteiger partial charge in [-0.15, -0.1) is 0 Å². The summed E-state index contributed by atoms with van der Waals surface area (Å²) < 4.78 is 9.98. The summed E-state index contributed by atoms with van der Waals surface area (Å²) in [4.78, 5) is 22.3. The van der Waals surface area contributed by atoms with E-state index < -0.39 is 10.8 Å². The summed E-state index contributed by atoms with van der Waals surface area (Å²) in [6.45, 7) is 3.42. The summed E-state index contributed by atoms with van der Waals surface area (Å²) in [5.74, 6) is -0.273. The van der Waals surface area contributed by atoms with Crippen LogP contribution < -0.4 is 14.8 Å². The summed E-state index contributed by atoms with van der Waals surface area (Å²) in [6, 6.07) is 2.37. The molecule has 1 rings (SSSR count). The molecule has 1 aromatic carbocycles. The van der Waals surface area contributed by atoms with Crippen LogP contribution in [0, 0.1) is 10.1 Å². The molecule has 7 nitrogen and oxygen atoms in total. The number of ether oxygens (including phenoxy) is 2. The lowest BCUT2D eigenvalue weighted by Gasteiger charge is -2.10. The minimum atomic E-state index is -0.674. The molecule has 0 unspecified atom stereocenters. The summed E-state index contributed by atoms with van der Waals surface area (Å²) in [5, 5.41) is 13.6. The second-order valence-corrected chi connectivity index (χ2v) is 4.22. The molecular formula is C12H13ClN2O5. The van der Waals surface area contributed by atoms with Gasteiger partial charge in [-0.3, -0.25) is 14.9 Å². The number of carbonyl (C=O) groups excluding carboxylic acids is 1. The van der Waals surface area contributed by atoms with Gasteiger partial charge >= 0.3 is 0 Å². The van der Waals surface area contributed by atoms with Gasteiger partial charge in [0.2, 0.25) is 0 Å². The predicted octanol–water partition coefficient (Wildman–Crippen LogP) is 2.09. The smallest absolute Gasteiger partial charge is 0.286 e. The Balaban J connectivity index is 3.25. The lowest BCUT2D eigenvalue weighted by Crippen LogP contribution is -2.25. The molecule has 0 saturated heterocycles. The summed E-state index contributed by atoms with van der Waals surface area (Å²) in [6.07, 6.45) is 0. The Kier molecular flexibility index (Phi) is 5.33. The van der Waals surface area contributed by atoms with Crippen molar-refractivity contribution in [1.82, 2.24) is 5.32 Å². The normalized spacial score (nSPS) is 9.75. The van der Waals surface area contributed by atoms with Gasteiger partial charge in [-0.25, -0.2) is 0 Å². The molecule has 1 amide bonds. The fourth-order valence-electron chi connectivity index (χ4n) is 1.47. The first-order valence-electron chi connectivity index (χ1n) is 5.42. The summed E-state index contributed by atoms with van der Waals surface area (Å²) >= 11 is 5.53. The molecule has 0 spiro atoms. The zero-order chi connectivity index (χ0) is 15.3. The maximum Gasteiger partial charge on any atom is 0.286 e. The van der Waals surface area contributed by atoms with Gasteiger partial charge in [0.05, 0.1) is 31.8 Å². The number of nitrogens with one attached hydrogen (secondary N) is 1. The van der Waals surface area contributed by atoms with Crippen molar-refractivity contribution < 1.29 is 19.2 Å². The number of nitro groups is 1. The van der Waals surface area contributed by atoms with Crippen LogP contribution in [0.1, 0.15) is 10.4 Å². The molecule has 0 fully saturated rings. The van der Waals surface area contributed by atoms with E-state index in [1.54, 1.807) is 0 Å². The number of amides is 1. The highest BCUT2D eigenvalue weighted by atomic mass is 35.5. The van der Waals surface area contributed by atoms with Crippen molar-refractivity contribution >= 4 is 23.2 Å². The highest BCUT2D eigenvalue weighted by Crippen LogP contribution is 2.34. The average molecular weight is 301 g/mol. The molecular weight excluding hydrogens is 288 g/mol. The van der Waals surface area contributed by atoms with Gasteiger partial charge in [-0.1, -0.05) is 18.2 Å². The van der Waals surface area contributed by atoms with E-state index in [1.807, 2.05) is 0 Å². The standard InChI is InChI=1S/C12H13ClN2O5/c1-7(13)6-14-12(16)8-4-10(19-2)11(20-3)5-9(8)15(17)18/h4-5H,1,6H2,2-3H3,(H,14,16). The Hall–Kier alpha value is -2.28. The number of rotatable bonds is 6. The van der Waals surface area contributed by atoms with E-state index in [0.29, 0.717) is 0 Å². The molecule has 0 heterocycles. The average Bonchev–Trinajstić information content (AvgIpc) is 2.42. The number of carbonyl (C=O) groups is 1. The number of hydrogen-bond donors (Lipinski definition) is 1. The fraction of sp³-hybridized carbons (Fsp3) is 0.250. The molecule has 0 aromatic heterocycles. The molecule has 0 saturated carbocycles. The van der Waals surface area contributed by atoms with Crippen molar-refractivity contribution in [2.75, 3.05) is 20.8 Å². The van der Waals surface area contributed by atoms with E-state index in [9.17, 15) is 14.9 Å².